The Morgan fingerprint density at radius 1 is 0.550 bits per heavy atom. The molecule has 0 atom stereocenters. The Morgan fingerprint density at radius 3 is 2.18 bits per heavy atom. The third kappa shape index (κ3) is 4.07. The summed E-state index contributed by atoms with van der Waals surface area (Å²) < 4.78 is 11.9. The van der Waals surface area contributed by atoms with E-state index in [0.29, 0.717) is 0 Å². The van der Waals surface area contributed by atoms with E-state index in [9.17, 15) is 0 Å². The van der Waals surface area contributed by atoms with E-state index in [-0.39, 0.29) is 17.7 Å². The highest BCUT2D eigenvalue weighted by Crippen LogP contribution is 2.53. The first-order chi connectivity index (χ1) is 29.1. The average molecular weight is 787 g/mol. The van der Waals surface area contributed by atoms with Crippen molar-refractivity contribution in [1.29, 1.82) is 0 Å². The highest BCUT2D eigenvalue weighted by atomic mass is 32.1. The zero-order valence-corrected chi connectivity index (χ0v) is 35.0. The molecule has 3 aliphatic rings. The first-order valence-corrected chi connectivity index (χ1v) is 22.0. The molecule has 60 heavy (non-hydrogen) atoms. The van der Waals surface area contributed by atoms with Crippen LogP contribution in [-0.4, -0.2) is 11.4 Å². The highest BCUT2D eigenvalue weighted by molar-refractivity contribution is 7.25. The molecule has 5 heterocycles. The SMILES string of the molecule is CC(C)(C)c1ccc(N2B3c4cc5c(cc4-n4c6cc7c(cc6c6ccc(c3c64)-c3cc4c(cc32)oc2ccccc24)C(C)(C)c2ccccc2-7)sc2ccccc25)cc1. The van der Waals surface area contributed by atoms with Gasteiger partial charge in [0.05, 0.1) is 11.0 Å². The predicted octanol–water partition coefficient (Wildman–Crippen LogP) is 13.9. The van der Waals surface area contributed by atoms with Gasteiger partial charge in [0, 0.05) is 75.8 Å². The maximum absolute atomic E-state index is 6.66. The molecule has 0 fully saturated rings. The first-order valence-electron chi connectivity index (χ1n) is 21.2. The number of hydrogen-bond acceptors (Lipinski definition) is 3. The summed E-state index contributed by atoms with van der Waals surface area (Å²) in [4.78, 5) is 2.63. The van der Waals surface area contributed by atoms with Gasteiger partial charge in [-0.1, -0.05) is 126 Å². The standard InChI is InChI=1S/C55H39BN2OS/c1-54(2,3)30-18-20-31(21-19-30)58-46-28-49-40(33-13-7-10-16-48(33)59-49)24-38(46)35-22-23-36-39-25-43-37(32-12-6-9-15-42(32)55(43,4)5)27-45(39)57-47-29-51-41(34-14-8-11-17-50(34)60-51)26-44(47)56(58)52(35)53(36)57/h6-29H,1-5H3. The Morgan fingerprint density at radius 2 is 1.33 bits per heavy atom. The molecule has 0 amide bonds. The summed E-state index contributed by atoms with van der Waals surface area (Å²) in [5.74, 6) is 0. The molecule has 0 spiro atoms. The maximum Gasteiger partial charge on any atom is 0.333 e. The van der Waals surface area contributed by atoms with E-state index in [4.69, 9.17) is 4.42 Å². The molecule has 284 valence electrons. The highest BCUT2D eigenvalue weighted by Gasteiger charge is 2.45. The van der Waals surface area contributed by atoms with Crippen molar-refractivity contribution in [2.24, 2.45) is 0 Å². The van der Waals surface area contributed by atoms with Gasteiger partial charge in [0.25, 0.3) is 0 Å². The number of hydrogen-bond donors (Lipinski definition) is 0. The lowest BCUT2D eigenvalue weighted by molar-refractivity contribution is 0.590. The van der Waals surface area contributed by atoms with Crippen LogP contribution in [0.25, 0.3) is 91.9 Å². The number of fused-ring (bicyclic) bond motifs is 17. The Balaban J connectivity index is 1.16. The molecule has 0 saturated carbocycles. The topological polar surface area (TPSA) is 21.3 Å². The molecule has 2 aliphatic heterocycles. The van der Waals surface area contributed by atoms with Gasteiger partial charge in [-0.15, -0.1) is 11.3 Å². The third-order valence-corrected chi connectivity index (χ3v) is 15.5. The van der Waals surface area contributed by atoms with E-state index in [2.05, 4.69) is 190 Å². The van der Waals surface area contributed by atoms with Crippen molar-refractivity contribution >= 4 is 104 Å². The van der Waals surface area contributed by atoms with Crippen LogP contribution in [-0.2, 0) is 10.8 Å². The summed E-state index contributed by atoms with van der Waals surface area (Å²) in [6.45, 7) is 11.6. The molecule has 0 radical (unpaired) electrons. The minimum absolute atomic E-state index is 0.0386. The van der Waals surface area contributed by atoms with Crippen LogP contribution in [0.15, 0.2) is 150 Å². The van der Waals surface area contributed by atoms with Gasteiger partial charge >= 0.3 is 6.85 Å². The second kappa shape index (κ2) is 11.0. The van der Waals surface area contributed by atoms with Crippen LogP contribution in [0.2, 0.25) is 0 Å². The molecule has 3 aromatic heterocycles. The van der Waals surface area contributed by atoms with E-state index in [1.165, 1.54) is 109 Å². The van der Waals surface area contributed by atoms with Crippen molar-refractivity contribution in [1.82, 2.24) is 4.57 Å². The molecule has 14 rings (SSSR count). The van der Waals surface area contributed by atoms with Gasteiger partial charge in [0.1, 0.15) is 11.2 Å². The molecule has 0 N–H and O–H groups in total. The lowest BCUT2D eigenvalue weighted by Crippen LogP contribution is -2.60. The van der Waals surface area contributed by atoms with Gasteiger partial charge in [-0.2, -0.15) is 0 Å². The number of furan rings is 1. The third-order valence-electron chi connectivity index (χ3n) is 14.3. The summed E-state index contributed by atoms with van der Waals surface area (Å²) in [5.41, 5.74) is 20.0. The second-order valence-electron chi connectivity index (χ2n) is 18.9. The van der Waals surface area contributed by atoms with Gasteiger partial charge < -0.3 is 13.8 Å². The fourth-order valence-electron chi connectivity index (χ4n) is 11.4. The molecule has 8 aromatic carbocycles. The monoisotopic (exact) mass is 786 g/mol. The number of anilines is 2. The van der Waals surface area contributed by atoms with Crippen LogP contribution in [0.4, 0.5) is 11.4 Å². The second-order valence-corrected chi connectivity index (χ2v) is 20.0. The number of benzene rings is 8. The number of rotatable bonds is 1. The van der Waals surface area contributed by atoms with E-state index in [1.807, 2.05) is 11.3 Å². The molecular formula is C55H39BN2OS. The molecule has 5 heteroatoms. The zero-order chi connectivity index (χ0) is 40.0. The fourth-order valence-corrected chi connectivity index (χ4v) is 12.5. The Hall–Kier alpha value is -6.56. The van der Waals surface area contributed by atoms with E-state index in [0.717, 1.165) is 21.9 Å². The van der Waals surface area contributed by atoms with Crippen LogP contribution in [0.3, 0.4) is 0 Å². The van der Waals surface area contributed by atoms with Gasteiger partial charge in [-0.3, -0.25) is 0 Å². The van der Waals surface area contributed by atoms with Crippen LogP contribution in [0.5, 0.6) is 0 Å². The number of nitrogens with zero attached hydrogens (tertiary/aromatic N) is 2. The van der Waals surface area contributed by atoms with Crippen molar-refractivity contribution in [2.75, 3.05) is 4.81 Å². The lowest BCUT2D eigenvalue weighted by atomic mass is 9.44. The summed E-state index contributed by atoms with van der Waals surface area (Å²) in [7, 11) is 0. The normalized spacial score (nSPS) is 14.8. The van der Waals surface area contributed by atoms with Crippen molar-refractivity contribution in [3.63, 3.8) is 0 Å². The molecule has 0 unspecified atom stereocenters. The summed E-state index contributed by atoms with van der Waals surface area (Å²) in [6, 6.07) is 55.5. The Kier molecular flexibility index (Phi) is 6.09. The molecule has 0 bridgehead atoms. The van der Waals surface area contributed by atoms with E-state index in [1.54, 1.807) is 0 Å². The van der Waals surface area contributed by atoms with Crippen LogP contribution in [0.1, 0.15) is 51.3 Å². The Labute approximate surface area is 352 Å². The van der Waals surface area contributed by atoms with Crippen LogP contribution in [0, 0.1) is 0 Å². The van der Waals surface area contributed by atoms with Gasteiger partial charge in [0.2, 0.25) is 0 Å². The van der Waals surface area contributed by atoms with Crippen molar-refractivity contribution in [2.45, 2.75) is 45.4 Å². The smallest absolute Gasteiger partial charge is 0.333 e. The predicted molar refractivity (Wildman–Crippen MR) is 256 cm³/mol. The van der Waals surface area contributed by atoms with Crippen molar-refractivity contribution in [3.8, 4) is 27.9 Å². The minimum atomic E-state index is -0.0969. The summed E-state index contributed by atoms with van der Waals surface area (Å²) in [5, 5.41) is 7.57. The first kappa shape index (κ1) is 33.3. The van der Waals surface area contributed by atoms with Gasteiger partial charge in [-0.25, -0.2) is 0 Å². The summed E-state index contributed by atoms with van der Waals surface area (Å²) in [6.07, 6.45) is 0. The van der Waals surface area contributed by atoms with E-state index >= 15 is 0 Å². The Bertz CT molecular complexity index is 3740. The fraction of sp³-hybridized carbons (Fsp3) is 0.127. The van der Waals surface area contributed by atoms with Gasteiger partial charge in [-0.05, 0) is 98.3 Å². The molecular weight excluding hydrogens is 747 g/mol. The lowest BCUT2D eigenvalue weighted by Gasteiger charge is -2.42. The molecule has 0 saturated heterocycles. The summed E-state index contributed by atoms with van der Waals surface area (Å²) >= 11 is 1.90. The van der Waals surface area contributed by atoms with Crippen LogP contribution >= 0.6 is 11.3 Å². The van der Waals surface area contributed by atoms with E-state index < -0.39 is 0 Å². The van der Waals surface area contributed by atoms with Gasteiger partial charge in [0.15, 0.2) is 0 Å². The molecule has 3 nitrogen and oxygen atoms in total. The molecule has 1 aliphatic carbocycles. The maximum atomic E-state index is 6.66. The zero-order valence-electron chi connectivity index (χ0n) is 34.1. The largest absolute Gasteiger partial charge is 0.456 e. The van der Waals surface area contributed by atoms with Crippen molar-refractivity contribution in [3.05, 3.63) is 162 Å². The molecule has 11 aromatic rings. The van der Waals surface area contributed by atoms with Crippen LogP contribution < -0.4 is 15.7 Å². The average Bonchev–Trinajstić information content (AvgIpc) is 3.97. The van der Waals surface area contributed by atoms with Crippen molar-refractivity contribution < 1.29 is 4.42 Å². The number of thiophene rings is 1. The minimum Gasteiger partial charge on any atom is -0.456 e. The quantitative estimate of drug-likeness (QED) is 0.155. The number of aromatic nitrogens is 1. The number of para-hydroxylation sites is 1.